The number of hydrogen-bond donors (Lipinski definition) is 1. The Morgan fingerprint density at radius 1 is 1.24 bits per heavy atom. The number of carbonyl (C=O) groups excluding carboxylic acids is 1. The molecule has 3 unspecified atom stereocenters. The van der Waals surface area contributed by atoms with E-state index < -0.39 is 0 Å². The molecule has 0 bridgehead atoms. The lowest BCUT2D eigenvalue weighted by Crippen LogP contribution is -2.47. The molecule has 0 spiro atoms. The largest absolute Gasteiger partial charge is 0.344 e. The van der Waals surface area contributed by atoms with Crippen LogP contribution in [0.4, 0.5) is 0 Å². The molecule has 4 nitrogen and oxygen atoms in total. The summed E-state index contributed by atoms with van der Waals surface area (Å²) in [5, 5.41) is 0. The smallest absolute Gasteiger partial charge is 0.227 e. The average Bonchev–Trinajstić information content (AvgIpc) is 2.28. The quantitative estimate of drug-likeness (QED) is 0.791. The Bertz CT molecular complexity index is 255. The predicted molar refractivity (Wildman–Crippen MR) is 70.7 cm³/mol. The molecule has 0 aromatic carbocycles. The lowest BCUT2D eigenvalue weighted by atomic mass is 9.78. The van der Waals surface area contributed by atoms with Crippen molar-refractivity contribution in [1.29, 1.82) is 0 Å². The molecule has 1 saturated carbocycles. The van der Waals surface area contributed by atoms with Gasteiger partial charge in [0.1, 0.15) is 0 Å². The maximum atomic E-state index is 12.3. The molecule has 100 valence electrons. The minimum Gasteiger partial charge on any atom is -0.344 e. The number of rotatable bonds is 4. The van der Waals surface area contributed by atoms with E-state index in [1.807, 2.05) is 26.0 Å². The van der Waals surface area contributed by atoms with Crippen LogP contribution >= 0.6 is 0 Å². The fraction of sp³-hybridized carbons (Fsp3) is 0.923. The Morgan fingerprint density at radius 2 is 1.88 bits per heavy atom. The minimum atomic E-state index is 0.0333. The van der Waals surface area contributed by atoms with Gasteiger partial charge in [-0.2, -0.15) is 0 Å². The maximum absolute atomic E-state index is 12.3. The first kappa shape index (κ1) is 14.5. The molecule has 1 rings (SSSR count). The number of nitrogens with two attached hydrogens (primary N) is 1. The molecule has 0 aromatic rings. The van der Waals surface area contributed by atoms with Crippen LogP contribution in [0, 0.1) is 11.8 Å². The van der Waals surface area contributed by atoms with E-state index in [2.05, 4.69) is 11.8 Å². The molecule has 0 radical (unpaired) electrons. The third kappa shape index (κ3) is 4.28. The van der Waals surface area contributed by atoms with E-state index in [-0.39, 0.29) is 17.9 Å². The molecule has 2 N–H and O–H groups in total. The van der Waals surface area contributed by atoms with E-state index >= 15 is 0 Å². The lowest BCUT2D eigenvalue weighted by Gasteiger charge is -2.34. The third-order valence-corrected chi connectivity index (χ3v) is 3.74. The first-order valence-electron chi connectivity index (χ1n) is 6.57. The Morgan fingerprint density at radius 3 is 2.47 bits per heavy atom. The van der Waals surface area contributed by atoms with E-state index in [0.29, 0.717) is 5.92 Å². The van der Waals surface area contributed by atoms with Gasteiger partial charge in [0.25, 0.3) is 0 Å². The van der Waals surface area contributed by atoms with Gasteiger partial charge in [-0.05, 0) is 39.3 Å². The van der Waals surface area contributed by atoms with Crippen molar-refractivity contribution in [2.45, 2.75) is 32.2 Å². The van der Waals surface area contributed by atoms with Crippen molar-refractivity contribution in [3.8, 4) is 0 Å². The zero-order valence-electron chi connectivity index (χ0n) is 11.6. The summed E-state index contributed by atoms with van der Waals surface area (Å²) in [6, 6.07) is 0.0560. The second-order valence-corrected chi connectivity index (χ2v) is 5.75. The molecule has 3 atom stereocenters. The highest BCUT2D eigenvalue weighted by Gasteiger charge is 2.32. The van der Waals surface area contributed by atoms with Gasteiger partial charge in [-0.25, -0.2) is 0 Å². The molecule has 1 fully saturated rings. The monoisotopic (exact) mass is 241 g/mol. The summed E-state index contributed by atoms with van der Waals surface area (Å²) in [5.41, 5.74) is 6.08. The fourth-order valence-corrected chi connectivity index (χ4v) is 2.43. The molecule has 1 aliphatic rings. The van der Waals surface area contributed by atoms with E-state index in [0.717, 1.165) is 32.4 Å². The number of hydrogen-bond acceptors (Lipinski definition) is 3. The predicted octanol–water partition coefficient (Wildman–Crippen LogP) is 0.770. The Labute approximate surface area is 105 Å². The Kier molecular flexibility index (Phi) is 5.40. The molecule has 0 saturated heterocycles. The first-order chi connectivity index (χ1) is 7.91. The van der Waals surface area contributed by atoms with E-state index in [1.165, 1.54) is 0 Å². The summed E-state index contributed by atoms with van der Waals surface area (Å²) in [5.74, 6) is 0.891. The molecule has 0 aromatic heterocycles. The van der Waals surface area contributed by atoms with E-state index in [1.54, 1.807) is 0 Å². The Balaban J connectivity index is 2.49. The number of nitrogens with zero attached hydrogens (tertiary/aromatic N) is 2. The van der Waals surface area contributed by atoms with Gasteiger partial charge >= 0.3 is 0 Å². The molecule has 17 heavy (non-hydrogen) atoms. The first-order valence-corrected chi connectivity index (χ1v) is 6.57. The highest BCUT2D eigenvalue weighted by molar-refractivity contribution is 5.79. The van der Waals surface area contributed by atoms with Gasteiger partial charge in [-0.15, -0.1) is 0 Å². The summed E-state index contributed by atoms with van der Waals surface area (Å²) in [4.78, 5) is 16.2. The average molecular weight is 241 g/mol. The summed E-state index contributed by atoms with van der Waals surface area (Å²) in [7, 11) is 5.93. The molecule has 1 amide bonds. The second-order valence-electron chi connectivity index (χ2n) is 5.75. The second kappa shape index (κ2) is 6.36. The number of carbonyl (C=O) groups is 1. The van der Waals surface area contributed by atoms with Crippen molar-refractivity contribution in [1.82, 2.24) is 9.80 Å². The minimum absolute atomic E-state index is 0.0333. The van der Waals surface area contributed by atoms with Crippen LogP contribution in [-0.2, 0) is 4.79 Å². The number of amides is 1. The normalized spacial score (nSPS) is 29.4. The van der Waals surface area contributed by atoms with Gasteiger partial charge in [0, 0.05) is 26.2 Å². The van der Waals surface area contributed by atoms with Gasteiger partial charge in [0.15, 0.2) is 0 Å². The van der Waals surface area contributed by atoms with Crippen LogP contribution in [0.2, 0.25) is 0 Å². The van der Waals surface area contributed by atoms with Crippen molar-refractivity contribution < 1.29 is 4.79 Å². The molecule has 1 aliphatic carbocycles. The molecular weight excluding hydrogens is 214 g/mol. The molecule has 0 aliphatic heterocycles. The van der Waals surface area contributed by atoms with E-state index in [4.69, 9.17) is 5.73 Å². The van der Waals surface area contributed by atoms with Crippen LogP contribution < -0.4 is 5.73 Å². The fourth-order valence-electron chi connectivity index (χ4n) is 2.43. The highest BCUT2D eigenvalue weighted by Crippen LogP contribution is 2.29. The van der Waals surface area contributed by atoms with Gasteiger partial charge in [-0.1, -0.05) is 6.92 Å². The number of likely N-dealkylation sites (N-methyl/N-ethyl adjacent to an activating group) is 2. The summed E-state index contributed by atoms with van der Waals surface area (Å²) < 4.78 is 0. The summed E-state index contributed by atoms with van der Waals surface area (Å²) in [6.45, 7) is 3.90. The van der Waals surface area contributed by atoms with Crippen LogP contribution in [0.5, 0.6) is 0 Å². The van der Waals surface area contributed by atoms with Gasteiger partial charge in [0.2, 0.25) is 5.91 Å². The van der Waals surface area contributed by atoms with Crippen molar-refractivity contribution in [3.63, 3.8) is 0 Å². The van der Waals surface area contributed by atoms with Crippen molar-refractivity contribution in [2.24, 2.45) is 17.6 Å². The van der Waals surface area contributed by atoms with Crippen LogP contribution in [0.3, 0.4) is 0 Å². The third-order valence-electron chi connectivity index (χ3n) is 3.74. The molecular formula is C13H27N3O. The standard InChI is InChI=1S/C13H27N3O/c1-10-5-6-12(14)11(9-10)13(17)16(4)8-7-15(2)3/h10-12H,5-9,14H2,1-4H3. The van der Waals surface area contributed by atoms with Crippen LogP contribution in [0.1, 0.15) is 26.2 Å². The SMILES string of the molecule is CC1CCC(N)C(C(=O)N(C)CCN(C)C)C1. The van der Waals surface area contributed by atoms with Gasteiger partial charge < -0.3 is 15.5 Å². The zero-order valence-corrected chi connectivity index (χ0v) is 11.6. The summed E-state index contributed by atoms with van der Waals surface area (Å²) in [6.07, 6.45) is 3.09. The van der Waals surface area contributed by atoms with Crippen molar-refractivity contribution in [3.05, 3.63) is 0 Å². The van der Waals surface area contributed by atoms with E-state index in [9.17, 15) is 4.79 Å². The zero-order chi connectivity index (χ0) is 13.0. The molecule has 0 heterocycles. The lowest BCUT2D eigenvalue weighted by molar-refractivity contribution is -0.136. The van der Waals surface area contributed by atoms with Crippen molar-refractivity contribution in [2.75, 3.05) is 34.2 Å². The summed E-state index contributed by atoms with van der Waals surface area (Å²) >= 11 is 0. The van der Waals surface area contributed by atoms with Crippen LogP contribution in [0.15, 0.2) is 0 Å². The molecule has 4 heteroatoms. The van der Waals surface area contributed by atoms with Crippen LogP contribution in [0.25, 0.3) is 0 Å². The topological polar surface area (TPSA) is 49.6 Å². The van der Waals surface area contributed by atoms with Crippen LogP contribution in [-0.4, -0.2) is 56.0 Å². The van der Waals surface area contributed by atoms with Gasteiger partial charge in [-0.3, -0.25) is 4.79 Å². The maximum Gasteiger partial charge on any atom is 0.227 e. The van der Waals surface area contributed by atoms with Gasteiger partial charge in [0.05, 0.1) is 5.92 Å². The Hall–Kier alpha value is -0.610. The highest BCUT2D eigenvalue weighted by atomic mass is 16.2. The van der Waals surface area contributed by atoms with Crippen molar-refractivity contribution >= 4 is 5.91 Å².